The van der Waals surface area contributed by atoms with Crippen molar-refractivity contribution in [2.24, 2.45) is 0 Å². The Balaban J connectivity index is 1.72. The molecule has 0 aliphatic heterocycles. The number of aromatic nitrogens is 4. The van der Waals surface area contributed by atoms with Gasteiger partial charge in [-0.05, 0) is 42.5 Å². The maximum absolute atomic E-state index is 13.1. The zero-order chi connectivity index (χ0) is 21.4. The van der Waals surface area contributed by atoms with Gasteiger partial charge in [0.05, 0.1) is 23.7 Å². The molecule has 8 heteroatoms. The van der Waals surface area contributed by atoms with Crippen molar-refractivity contribution < 1.29 is 9.26 Å². The number of hydrogen-bond acceptors (Lipinski definition) is 6. The van der Waals surface area contributed by atoms with Crippen molar-refractivity contribution in [3.8, 4) is 34.4 Å². The smallest absolute Gasteiger partial charge is 0.279 e. The second-order valence-electron chi connectivity index (χ2n) is 6.71. The van der Waals surface area contributed by atoms with E-state index < -0.39 is 0 Å². The maximum Gasteiger partial charge on any atom is 0.279 e. The van der Waals surface area contributed by atoms with Crippen molar-refractivity contribution in [2.75, 3.05) is 7.11 Å². The summed E-state index contributed by atoms with van der Waals surface area (Å²) in [6, 6.07) is 21.4. The van der Waals surface area contributed by atoms with Crippen LogP contribution < -0.4 is 10.3 Å². The van der Waals surface area contributed by atoms with Crippen molar-refractivity contribution in [1.29, 1.82) is 0 Å². The van der Waals surface area contributed by atoms with Gasteiger partial charge in [-0.1, -0.05) is 47.1 Å². The predicted molar refractivity (Wildman–Crippen MR) is 118 cm³/mol. The molecule has 2 heterocycles. The number of fused-ring (bicyclic) bond motifs is 1. The highest BCUT2D eigenvalue weighted by Gasteiger charge is 2.20. The fourth-order valence-electron chi connectivity index (χ4n) is 3.36. The van der Waals surface area contributed by atoms with Gasteiger partial charge in [0.2, 0.25) is 5.82 Å². The Hall–Kier alpha value is -3.97. The molecule has 0 saturated carbocycles. The van der Waals surface area contributed by atoms with E-state index in [4.69, 9.17) is 20.9 Å². The molecule has 152 valence electrons. The lowest BCUT2D eigenvalue weighted by Crippen LogP contribution is -2.22. The molecule has 0 aliphatic rings. The number of ether oxygens (including phenoxy) is 1. The Morgan fingerprint density at radius 1 is 0.935 bits per heavy atom. The van der Waals surface area contributed by atoms with Gasteiger partial charge in [0.1, 0.15) is 5.75 Å². The largest absolute Gasteiger partial charge is 0.496 e. The minimum Gasteiger partial charge on any atom is -0.496 e. The summed E-state index contributed by atoms with van der Waals surface area (Å²) >= 11 is 6.00. The van der Waals surface area contributed by atoms with Crippen molar-refractivity contribution in [3.05, 3.63) is 88.2 Å². The Bertz CT molecular complexity index is 1460. The molecular weight excluding hydrogens is 416 g/mol. The van der Waals surface area contributed by atoms with Crippen LogP contribution in [0.3, 0.4) is 0 Å². The van der Waals surface area contributed by atoms with Gasteiger partial charge in [0, 0.05) is 10.4 Å². The van der Waals surface area contributed by atoms with E-state index in [2.05, 4.69) is 15.2 Å². The van der Waals surface area contributed by atoms with Crippen LogP contribution in [-0.2, 0) is 0 Å². The van der Waals surface area contributed by atoms with E-state index in [1.54, 1.807) is 49.6 Å². The van der Waals surface area contributed by atoms with E-state index in [1.807, 2.05) is 30.3 Å². The number of nitrogens with zero attached hydrogens (tertiary/aromatic N) is 4. The number of para-hydroxylation sites is 1. The SMILES string of the molecule is COc1ccccc1-c1noc(-c2nn(-c3ccc(Cl)cc3)c(=O)c3ccccc23)n1. The van der Waals surface area contributed by atoms with Gasteiger partial charge in [-0.25, -0.2) is 0 Å². The van der Waals surface area contributed by atoms with E-state index in [0.29, 0.717) is 44.3 Å². The fourth-order valence-corrected chi connectivity index (χ4v) is 3.49. The molecule has 0 aliphatic carbocycles. The molecule has 31 heavy (non-hydrogen) atoms. The molecule has 0 bridgehead atoms. The van der Waals surface area contributed by atoms with Crippen LogP contribution in [0.4, 0.5) is 0 Å². The third-order valence-electron chi connectivity index (χ3n) is 4.85. The first-order valence-corrected chi connectivity index (χ1v) is 9.79. The number of methoxy groups -OCH3 is 1. The Labute approximate surface area is 181 Å². The minimum absolute atomic E-state index is 0.194. The average molecular weight is 431 g/mol. The van der Waals surface area contributed by atoms with Crippen LogP contribution in [0, 0.1) is 0 Å². The number of benzene rings is 3. The van der Waals surface area contributed by atoms with Gasteiger partial charge >= 0.3 is 0 Å². The molecule has 0 amide bonds. The summed E-state index contributed by atoms with van der Waals surface area (Å²) in [6.45, 7) is 0. The highest BCUT2D eigenvalue weighted by Crippen LogP contribution is 2.30. The topological polar surface area (TPSA) is 83.0 Å². The molecule has 5 rings (SSSR count). The van der Waals surface area contributed by atoms with Gasteiger partial charge in [0.15, 0.2) is 5.69 Å². The Morgan fingerprint density at radius 3 is 2.42 bits per heavy atom. The Morgan fingerprint density at radius 2 is 1.65 bits per heavy atom. The monoisotopic (exact) mass is 430 g/mol. The molecule has 0 fully saturated rings. The van der Waals surface area contributed by atoms with Gasteiger partial charge in [-0.3, -0.25) is 4.79 Å². The van der Waals surface area contributed by atoms with Gasteiger partial charge < -0.3 is 9.26 Å². The third kappa shape index (κ3) is 3.35. The van der Waals surface area contributed by atoms with Crippen molar-refractivity contribution in [3.63, 3.8) is 0 Å². The summed E-state index contributed by atoms with van der Waals surface area (Å²) in [5, 5.41) is 10.3. The molecule has 3 aromatic carbocycles. The van der Waals surface area contributed by atoms with Crippen LogP contribution >= 0.6 is 11.6 Å². The molecule has 0 saturated heterocycles. The molecule has 0 unspecified atom stereocenters. The molecule has 2 aromatic heterocycles. The molecule has 5 aromatic rings. The second kappa shape index (κ2) is 7.70. The molecule has 7 nitrogen and oxygen atoms in total. The van der Waals surface area contributed by atoms with E-state index in [9.17, 15) is 4.79 Å². The molecule has 0 radical (unpaired) electrons. The van der Waals surface area contributed by atoms with Crippen LogP contribution in [0.5, 0.6) is 5.75 Å². The lowest BCUT2D eigenvalue weighted by molar-refractivity contribution is 0.413. The number of hydrogen-bond donors (Lipinski definition) is 0. The van der Waals surface area contributed by atoms with Crippen LogP contribution in [0.25, 0.3) is 39.4 Å². The van der Waals surface area contributed by atoms with Crippen molar-refractivity contribution in [2.45, 2.75) is 0 Å². The summed E-state index contributed by atoms with van der Waals surface area (Å²) < 4.78 is 12.2. The second-order valence-corrected chi connectivity index (χ2v) is 7.15. The van der Waals surface area contributed by atoms with Crippen LogP contribution in [0.15, 0.2) is 82.1 Å². The van der Waals surface area contributed by atoms with Crippen molar-refractivity contribution >= 4 is 22.4 Å². The summed E-state index contributed by atoms with van der Waals surface area (Å²) in [5.41, 5.74) is 1.41. The first-order chi connectivity index (χ1) is 15.2. The summed E-state index contributed by atoms with van der Waals surface area (Å²) in [6.07, 6.45) is 0. The molecule has 0 spiro atoms. The van der Waals surface area contributed by atoms with Gasteiger partial charge in [-0.2, -0.15) is 14.8 Å². The van der Waals surface area contributed by atoms with E-state index in [0.717, 1.165) is 0 Å². The van der Waals surface area contributed by atoms with Crippen molar-refractivity contribution in [1.82, 2.24) is 19.9 Å². The van der Waals surface area contributed by atoms with Crippen LogP contribution in [0.1, 0.15) is 0 Å². The van der Waals surface area contributed by atoms with E-state index in [-0.39, 0.29) is 11.4 Å². The van der Waals surface area contributed by atoms with E-state index in [1.165, 1.54) is 4.68 Å². The first kappa shape index (κ1) is 19.0. The normalized spacial score (nSPS) is 11.0. The number of halogens is 1. The third-order valence-corrected chi connectivity index (χ3v) is 5.10. The summed E-state index contributed by atoms with van der Waals surface area (Å²) in [5.74, 6) is 1.18. The summed E-state index contributed by atoms with van der Waals surface area (Å²) in [7, 11) is 1.58. The zero-order valence-corrected chi connectivity index (χ0v) is 17.1. The molecular formula is C23H15ClN4O3. The molecule has 0 atom stereocenters. The van der Waals surface area contributed by atoms with E-state index >= 15 is 0 Å². The highest BCUT2D eigenvalue weighted by atomic mass is 35.5. The lowest BCUT2D eigenvalue weighted by atomic mass is 10.1. The standard InChI is InChI=1S/C23H15ClN4O3/c1-30-19-9-5-4-8-18(19)21-25-22(31-27-21)20-16-6-2-3-7-17(16)23(29)28(26-20)15-12-10-14(24)11-13-15/h2-13H,1H3. The van der Waals surface area contributed by atoms with Gasteiger partial charge in [-0.15, -0.1) is 0 Å². The predicted octanol–water partition coefficient (Wildman–Crippen LogP) is 4.76. The zero-order valence-electron chi connectivity index (χ0n) is 16.3. The first-order valence-electron chi connectivity index (χ1n) is 9.41. The summed E-state index contributed by atoms with van der Waals surface area (Å²) in [4.78, 5) is 17.6. The average Bonchev–Trinajstić information content (AvgIpc) is 3.30. The quantitative estimate of drug-likeness (QED) is 0.408. The Kier molecular flexibility index (Phi) is 4.72. The van der Waals surface area contributed by atoms with Gasteiger partial charge in [0.25, 0.3) is 11.4 Å². The van der Waals surface area contributed by atoms with Crippen LogP contribution in [0.2, 0.25) is 5.02 Å². The highest BCUT2D eigenvalue weighted by molar-refractivity contribution is 6.30. The van der Waals surface area contributed by atoms with Crippen LogP contribution in [-0.4, -0.2) is 27.0 Å². The maximum atomic E-state index is 13.1. The minimum atomic E-state index is -0.258. The molecule has 0 N–H and O–H groups in total. The fraction of sp³-hybridized carbons (Fsp3) is 0.0435. The lowest BCUT2D eigenvalue weighted by Gasteiger charge is -2.09. The number of rotatable bonds is 4.